The van der Waals surface area contributed by atoms with E-state index in [0.717, 1.165) is 26.8 Å². The molecule has 3 aromatic carbocycles. The Morgan fingerprint density at radius 3 is 2.64 bits per heavy atom. The van der Waals surface area contributed by atoms with Gasteiger partial charge in [-0.05, 0) is 60.7 Å². The lowest BCUT2D eigenvalue weighted by molar-refractivity contribution is 0.0977. The van der Waals surface area contributed by atoms with E-state index >= 15 is 0 Å². The Bertz CT molecular complexity index is 1160. The summed E-state index contributed by atoms with van der Waals surface area (Å²) in [7, 11) is 0. The van der Waals surface area contributed by atoms with E-state index in [1.807, 2.05) is 54.6 Å². The van der Waals surface area contributed by atoms with Crippen molar-refractivity contribution in [3.05, 3.63) is 82.8 Å². The van der Waals surface area contributed by atoms with E-state index in [-0.39, 0.29) is 11.0 Å². The van der Waals surface area contributed by atoms with Crippen LogP contribution in [0.3, 0.4) is 0 Å². The Labute approximate surface area is 174 Å². The minimum Gasteiger partial charge on any atom is -0.436 e. The number of para-hydroxylation sites is 2. The average Bonchev–Trinajstić information content (AvgIpc) is 3.12. The van der Waals surface area contributed by atoms with Crippen molar-refractivity contribution in [3.63, 3.8) is 0 Å². The second-order valence-corrected chi connectivity index (χ2v) is 7.31. The summed E-state index contributed by atoms with van der Waals surface area (Å²) in [6, 6.07) is 22.2. The molecular formula is C21H14BrN3O2S. The van der Waals surface area contributed by atoms with E-state index in [2.05, 4.69) is 31.5 Å². The number of amides is 1. The number of hydrogen-bond acceptors (Lipinski definition) is 4. The quantitative estimate of drug-likeness (QED) is 0.409. The standard InChI is InChI=1S/C21H14BrN3O2S/c22-15-7-3-5-13(11-15)19(26)25-21(28)23-16-8-4-6-14(12-16)20-24-17-9-1-2-10-18(17)27-20/h1-12H,(H2,23,25,26,28). The zero-order valence-corrected chi connectivity index (χ0v) is 16.9. The molecule has 0 saturated heterocycles. The zero-order chi connectivity index (χ0) is 19.5. The van der Waals surface area contributed by atoms with Crippen LogP contribution in [-0.4, -0.2) is 16.0 Å². The molecule has 0 radical (unpaired) electrons. The summed E-state index contributed by atoms with van der Waals surface area (Å²) in [6.07, 6.45) is 0. The Hall–Kier alpha value is -3.03. The molecule has 0 atom stereocenters. The number of nitrogens with zero attached hydrogens (tertiary/aromatic N) is 1. The summed E-state index contributed by atoms with van der Waals surface area (Å²) in [4.78, 5) is 16.8. The summed E-state index contributed by atoms with van der Waals surface area (Å²) in [5.74, 6) is 0.239. The number of thiocarbonyl (C=S) groups is 1. The summed E-state index contributed by atoms with van der Waals surface area (Å²) in [5, 5.41) is 5.90. The van der Waals surface area contributed by atoms with Crippen LogP contribution in [0.4, 0.5) is 5.69 Å². The van der Waals surface area contributed by atoms with Gasteiger partial charge in [-0.1, -0.05) is 40.2 Å². The van der Waals surface area contributed by atoms with Crippen molar-refractivity contribution in [2.45, 2.75) is 0 Å². The molecule has 2 N–H and O–H groups in total. The Morgan fingerprint density at radius 1 is 1.00 bits per heavy atom. The first-order chi connectivity index (χ1) is 13.6. The zero-order valence-electron chi connectivity index (χ0n) is 14.5. The lowest BCUT2D eigenvalue weighted by atomic mass is 10.2. The van der Waals surface area contributed by atoms with Crippen molar-refractivity contribution in [2.75, 3.05) is 5.32 Å². The number of oxazole rings is 1. The predicted molar refractivity (Wildman–Crippen MR) is 117 cm³/mol. The third-order valence-corrected chi connectivity index (χ3v) is 4.67. The van der Waals surface area contributed by atoms with Crippen LogP contribution in [-0.2, 0) is 0 Å². The van der Waals surface area contributed by atoms with Crippen LogP contribution in [0.2, 0.25) is 0 Å². The number of nitrogens with one attached hydrogen (secondary N) is 2. The van der Waals surface area contributed by atoms with Gasteiger partial charge in [0.15, 0.2) is 10.7 Å². The second-order valence-electron chi connectivity index (χ2n) is 5.99. The van der Waals surface area contributed by atoms with Crippen LogP contribution in [0.5, 0.6) is 0 Å². The highest BCUT2D eigenvalue weighted by Gasteiger charge is 2.11. The van der Waals surface area contributed by atoms with Gasteiger partial charge in [-0.2, -0.15) is 0 Å². The number of rotatable bonds is 3. The fourth-order valence-corrected chi connectivity index (χ4v) is 3.30. The van der Waals surface area contributed by atoms with Crippen molar-refractivity contribution in [1.29, 1.82) is 0 Å². The molecule has 0 saturated carbocycles. The molecule has 0 aliphatic rings. The van der Waals surface area contributed by atoms with Crippen LogP contribution < -0.4 is 10.6 Å². The number of fused-ring (bicyclic) bond motifs is 1. The third kappa shape index (κ3) is 4.11. The normalized spacial score (nSPS) is 10.6. The molecule has 4 aromatic rings. The first-order valence-corrected chi connectivity index (χ1v) is 9.62. The Balaban J connectivity index is 1.48. The largest absolute Gasteiger partial charge is 0.436 e. The van der Waals surface area contributed by atoms with Gasteiger partial charge in [0.25, 0.3) is 5.91 Å². The molecule has 0 unspecified atom stereocenters. The predicted octanol–water partition coefficient (Wildman–Crippen LogP) is 5.38. The van der Waals surface area contributed by atoms with Crippen LogP contribution in [0, 0.1) is 0 Å². The summed E-state index contributed by atoms with van der Waals surface area (Å²) < 4.78 is 6.63. The number of carbonyl (C=O) groups is 1. The van der Waals surface area contributed by atoms with Crippen LogP contribution in [0.25, 0.3) is 22.6 Å². The molecule has 138 valence electrons. The van der Waals surface area contributed by atoms with E-state index < -0.39 is 0 Å². The van der Waals surface area contributed by atoms with Gasteiger partial charge in [0.1, 0.15) is 5.52 Å². The minimum atomic E-state index is -0.283. The van der Waals surface area contributed by atoms with Crippen molar-refractivity contribution in [3.8, 4) is 11.5 Å². The second kappa shape index (κ2) is 7.92. The van der Waals surface area contributed by atoms with Gasteiger partial charge in [0.05, 0.1) is 0 Å². The molecule has 0 aliphatic heterocycles. The summed E-state index contributed by atoms with van der Waals surface area (Å²) in [5.41, 5.74) is 3.57. The maximum atomic E-state index is 12.3. The van der Waals surface area contributed by atoms with E-state index in [1.165, 1.54) is 0 Å². The van der Waals surface area contributed by atoms with E-state index in [9.17, 15) is 4.79 Å². The lowest BCUT2D eigenvalue weighted by Gasteiger charge is -2.10. The summed E-state index contributed by atoms with van der Waals surface area (Å²) in [6.45, 7) is 0. The first-order valence-electron chi connectivity index (χ1n) is 8.42. The van der Waals surface area contributed by atoms with E-state index in [0.29, 0.717) is 11.5 Å². The molecule has 0 spiro atoms. The highest BCUT2D eigenvalue weighted by atomic mass is 79.9. The van der Waals surface area contributed by atoms with E-state index in [1.54, 1.807) is 18.2 Å². The van der Waals surface area contributed by atoms with E-state index in [4.69, 9.17) is 16.6 Å². The summed E-state index contributed by atoms with van der Waals surface area (Å²) >= 11 is 8.61. The van der Waals surface area contributed by atoms with Crippen molar-refractivity contribution >= 4 is 56.0 Å². The molecule has 1 aromatic heterocycles. The minimum absolute atomic E-state index is 0.208. The average molecular weight is 452 g/mol. The van der Waals surface area contributed by atoms with Crippen molar-refractivity contribution in [2.24, 2.45) is 0 Å². The maximum Gasteiger partial charge on any atom is 0.257 e. The highest BCUT2D eigenvalue weighted by molar-refractivity contribution is 9.10. The molecule has 0 fully saturated rings. The van der Waals surface area contributed by atoms with Gasteiger partial charge in [0, 0.05) is 21.3 Å². The van der Waals surface area contributed by atoms with Crippen LogP contribution >= 0.6 is 28.1 Å². The van der Waals surface area contributed by atoms with Gasteiger partial charge in [-0.15, -0.1) is 0 Å². The monoisotopic (exact) mass is 451 g/mol. The van der Waals surface area contributed by atoms with Gasteiger partial charge >= 0.3 is 0 Å². The first kappa shape index (κ1) is 18.3. The molecule has 7 heteroatoms. The molecule has 1 amide bonds. The van der Waals surface area contributed by atoms with Crippen LogP contribution in [0.15, 0.2) is 81.7 Å². The van der Waals surface area contributed by atoms with Gasteiger partial charge in [0.2, 0.25) is 5.89 Å². The molecule has 28 heavy (non-hydrogen) atoms. The maximum absolute atomic E-state index is 12.3. The Kier molecular flexibility index (Phi) is 5.18. The molecule has 5 nitrogen and oxygen atoms in total. The topological polar surface area (TPSA) is 67.2 Å². The van der Waals surface area contributed by atoms with Crippen molar-refractivity contribution < 1.29 is 9.21 Å². The smallest absolute Gasteiger partial charge is 0.257 e. The number of carbonyl (C=O) groups excluding carboxylic acids is 1. The lowest BCUT2D eigenvalue weighted by Crippen LogP contribution is -2.34. The van der Waals surface area contributed by atoms with Crippen molar-refractivity contribution in [1.82, 2.24) is 10.3 Å². The molecule has 0 aliphatic carbocycles. The van der Waals surface area contributed by atoms with Gasteiger partial charge < -0.3 is 9.73 Å². The molecule has 4 rings (SSSR count). The van der Waals surface area contributed by atoms with Crippen LogP contribution in [0.1, 0.15) is 10.4 Å². The molecule has 0 bridgehead atoms. The van der Waals surface area contributed by atoms with Gasteiger partial charge in [-0.3, -0.25) is 10.1 Å². The fraction of sp³-hybridized carbons (Fsp3) is 0. The highest BCUT2D eigenvalue weighted by Crippen LogP contribution is 2.26. The van der Waals surface area contributed by atoms with Gasteiger partial charge in [-0.25, -0.2) is 4.98 Å². The number of anilines is 1. The Morgan fingerprint density at radius 2 is 1.82 bits per heavy atom. The third-order valence-electron chi connectivity index (χ3n) is 3.98. The number of benzene rings is 3. The SMILES string of the molecule is O=C(NC(=S)Nc1cccc(-c2nc3ccccc3o2)c1)c1cccc(Br)c1. The molecule has 1 heterocycles. The fourth-order valence-electron chi connectivity index (χ4n) is 2.69. The number of aromatic nitrogens is 1. The number of hydrogen-bond donors (Lipinski definition) is 2. The number of halogens is 1. The molecular weight excluding hydrogens is 438 g/mol.